The van der Waals surface area contributed by atoms with Gasteiger partial charge in [0, 0.05) is 29.0 Å². The maximum atomic E-state index is 6.24. The molecule has 0 unspecified atom stereocenters. The topological polar surface area (TPSA) is 56.7 Å². The molecule has 0 saturated heterocycles. The largest absolute Gasteiger partial charge is 0.383 e. The van der Waals surface area contributed by atoms with Crippen LogP contribution in [0.2, 0.25) is 0 Å². The van der Waals surface area contributed by atoms with Crippen molar-refractivity contribution in [2.24, 2.45) is 7.05 Å². The highest BCUT2D eigenvalue weighted by molar-refractivity contribution is 9.10. The Morgan fingerprint density at radius 1 is 1.19 bits per heavy atom. The molecule has 0 atom stereocenters. The molecular weight excluding hydrogens is 328 g/mol. The normalized spacial score (nSPS) is 10.8. The van der Waals surface area contributed by atoms with Crippen molar-refractivity contribution in [1.82, 2.24) is 14.8 Å². The molecule has 0 aliphatic heterocycles. The van der Waals surface area contributed by atoms with Crippen molar-refractivity contribution in [1.29, 1.82) is 0 Å². The number of pyridine rings is 1. The van der Waals surface area contributed by atoms with Gasteiger partial charge in [0.2, 0.25) is 0 Å². The van der Waals surface area contributed by atoms with Crippen molar-refractivity contribution in [2.45, 2.75) is 6.92 Å². The maximum absolute atomic E-state index is 6.24. The number of hydrogen-bond donors (Lipinski definition) is 1. The molecule has 0 spiro atoms. The number of nitrogens with two attached hydrogens (primary N) is 1. The second-order valence-corrected chi connectivity index (χ2v) is 5.79. The Morgan fingerprint density at radius 2 is 2.00 bits per heavy atom. The van der Waals surface area contributed by atoms with Gasteiger partial charge in [-0.1, -0.05) is 28.1 Å². The summed E-state index contributed by atoms with van der Waals surface area (Å²) in [6, 6.07) is 12.0. The number of rotatable bonds is 2. The van der Waals surface area contributed by atoms with Crippen LogP contribution >= 0.6 is 15.9 Å². The summed E-state index contributed by atoms with van der Waals surface area (Å²) >= 11 is 3.51. The van der Waals surface area contributed by atoms with Gasteiger partial charge in [0.25, 0.3) is 0 Å². The average molecular weight is 343 g/mol. The molecule has 3 aromatic rings. The number of hydrogen-bond acceptors (Lipinski definition) is 3. The number of nitrogen functional groups attached to an aromatic ring is 1. The van der Waals surface area contributed by atoms with Crippen LogP contribution in [0.25, 0.3) is 22.4 Å². The molecule has 0 saturated carbocycles. The van der Waals surface area contributed by atoms with Gasteiger partial charge in [0.05, 0.1) is 5.56 Å². The zero-order valence-corrected chi connectivity index (χ0v) is 13.4. The van der Waals surface area contributed by atoms with Crippen LogP contribution in [-0.2, 0) is 7.05 Å². The van der Waals surface area contributed by atoms with Crippen molar-refractivity contribution in [2.75, 3.05) is 5.73 Å². The lowest BCUT2D eigenvalue weighted by Gasteiger charge is -2.06. The summed E-state index contributed by atoms with van der Waals surface area (Å²) in [5, 5.41) is 4.58. The minimum absolute atomic E-state index is 0.645. The van der Waals surface area contributed by atoms with Gasteiger partial charge in [-0.2, -0.15) is 5.10 Å². The highest BCUT2D eigenvalue weighted by Crippen LogP contribution is 2.37. The molecular formula is C16H15BrN4. The van der Waals surface area contributed by atoms with E-state index in [1.54, 1.807) is 10.9 Å². The molecule has 2 N–H and O–H groups in total. The first-order valence-corrected chi connectivity index (χ1v) is 7.37. The Bertz CT molecular complexity index is 808. The van der Waals surface area contributed by atoms with E-state index in [0.29, 0.717) is 5.82 Å². The maximum Gasteiger partial charge on any atom is 0.129 e. The van der Waals surface area contributed by atoms with E-state index < -0.39 is 0 Å². The first-order valence-electron chi connectivity index (χ1n) is 6.58. The molecule has 0 aliphatic carbocycles. The van der Waals surface area contributed by atoms with E-state index in [2.05, 4.69) is 26.0 Å². The van der Waals surface area contributed by atoms with Gasteiger partial charge in [0.1, 0.15) is 11.5 Å². The van der Waals surface area contributed by atoms with Crippen molar-refractivity contribution in [3.8, 4) is 22.4 Å². The molecule has 5 heteroatoms. The predicted molar refractivity (Wildman–Crippen MR) is 88.7 cm³/mol. The number of benzene rings is 1. The Hall–Kier alpha value is -2.14. The molecule has 2 aromatic heterocycles. The summed E-state index contributed by atoms with van der Waals surface area (Å²) in [7, 11) is 1.85. The highest BCUT2D eigenvalue weighted by Gasteiger charge is 2.19. The minimum Gasteiger partial charge on any atom is -0.383 e. The van der Waals surface area contributed by atoms with E-state index in [1.165, 1.54) is 0 Å². The molecule has 1 aromatic carbocycles. The minimum atomic E-state index is 0.645. The third-order valence-corrected chi connectivity index (χ3v) is 3.96. The van der Waals surface area contributed by atoms with Gasteiger partial charge in [0.15, 0.2) is 0 Å². The first-order chi connectivity index (χ1) is 10.1. The molecule has 2 heterocycles. The van der Waals surface area contributed by atoms with E-state index in [1.807, 2.05) is 50.4 Å². The molecule has 0 fully saturated rings. The monoisotopic (exact) mass is 342 g/mol. The van der Waals surface area contributed by atoms with Crippen LogP contribution in [0, 0.1) is 6.92 Å². The Balaban J connectivity index is 2.29. The number of halogens is 1. The van der Waals surface area contributed by atoms with Gasteiger partial charge in [-0.25, -0.2) is 0 Å². The van der Waals surface area contributed by atoms with Gasteiger partial charge < -0.3 is 5.73 Å². The summed E-state index contributed by atoms with van der Waals surface area (Å²) in [6.45, 7) is 1.98. The Morgan fingerprint density at radius 3 is 2.71 bits per heavy atom. The third-order valence-electron chi connectivity index (χ3n) is 3.47. The first kappa shape index (κ1) is 13.8. The van der Waals surface area contributed by atoms with E-state index in [-0.39, 0.29) is 0 Å². The van der Waals surface area contributed by atoms with Crippen molar-refractivity contribution >= 4 is 21.7 Å². The van der Waals surface area contributed by atoms with Gasteiger partial charge >= 0.3 is 0 Å². The quantitative estimate of drug-likeness (QED) is 0.770. The van der Waals surface area contributed by atoms with Crippen molar-refractivity contribution in [3.63, 3.8) is 0 Å². The van der Waals surface area contributed by atoms with Crippen LogP contribution in [0.15, 0.2) is 47.1 Å². The van der Waals surface area contributed by atoms with E-state index in [4.69, 9.17) is 5.73 Å². The lowest BCUT2D eigenvalue weighted by molar-refractivity contribution is 0.782. The standard InChI is InChI=1S/C16H15BrN4/c1-10-13(7-4-8-19-10)15-14(16(18)21(2)20-15)11-5-3-6-12(17)9-11/h3-9H,18H2,1-2H3. The van der Waals surface area contributed by atoms with E-state index in [9.17, 15) is 0 Å². The van der Waals surface area contributed by atoms with Crippen LogP contribution in [-0.4, -0.2) is 14.8 Å². The predicted octanol–water partition coefficient (Wildman–Crippen LogP) is 3.80. The number of nitrogens with zero attached hydrogens (tertiary/aromatic N) is 3. The highest BCUT2D eigenvalue weighted by atomic mass is 79.9. The summed E-state index contributed by atoms with van der Waals surface area (Å²) in [4.78, 5) is 4.35. The fraction of sp³-hybridized carbons (Fsp3) is 0.125. The zero-order valence-electron chi connectivity index (χ0n) is 11.8. The van der Waals surface area contributed by atoms with E-state index in [0.717, 1.165) is 32.6 Å². The second-order valence-electron chi connectivity index (χ2n) is 4.88. The van der Waals surface area contributed by atoms with Gasteiger partial charge in [-0.3, -0.25) is 9.67 Å². The molecule has 21 heavy (non-hydrogen) atoms. The molecule has 3 rings (SSSR count). The van der Waals surface area contributed by atoms with Crippen LogP contribution in [0.3, 0.4) is 0 Å². The fourth-order valence-corrected chi connectivity index (χ4v) is 2.79. The summed E-state index contributed by atoms with van der Waals surface area (Å²) in [6.07, 6.45) is 1.78. The van der Waals surface area contributed by atoms with Crippen LogP contribution in [0.1, 0.15) is 5.69 Å². The third kappa shape index (κ3) is 2.45. The van der Waals surface area contributed by atoms with Crippen molar-refractivity contribution in [3.05, 3.63) is 52.8 Å². The number of aromatic nitrogens is 3. The molecule has 0 aliphatic rings. The lowest BCUT2D eigenvalue weighted by Crippen LogP contribution is -1.97. The van der Waals surface area contributed by atoms with Crippen LogP contribution < -0.4 is 5.73 Å². The summed E-state index contributed by atoms with van der Waals surface area (Å²) in [5.74, 6) is 0.645. The van der Waals surface area contributed by atoms with Gasteiger partial charge in [-0.05, 0) is 36.8 Å². The Kier molecular flexibility index (Phi) is 3.51. The number of anilines is 1. The zero-order chi connectivity index (χ0) is 15.0. The Labute approximate surface area is 131 Å². The molecule has 0 radical (unpaired) electrons. The SMILES string of the molecule is Cc1ncccc1-c1nn(C)c(N)c1-c1cccc(Br)c1. The summed E-state index contributed by atoms with van der Waals surface area (Å²) in [5.41, 5.74) is 11.0. The fourth-order valence-electron chi connectivity index (χ4n) is 2.39. The molecule has 0 amide bonds. The van der Waals surface area contributed by atoms with Crippen LogP contribution in [0.4, 0.5) is 5.82 Å². The molecule has 0 bridgehead atoms. The second kappa shape index (κ2) is 5.33. The summed E-state index contributed by atoms with van der Waals surface area (Å²) < 4.78 is 2.72. The molecule has 4 nitrogen and oxygen atoms in total. The van der Waals surface area contributed by atoms with E-state index >= 15 is 0 Å². The average Bonchev–Trinajstić information content (AvgIpc) is 2.75. The molecule has 106 valence electrons. The van der Waals surface area contributed by atoms with Crippen LogP contribution in [0.5, 0.6) is 0 Å². The number of aryl methyl sites for hydroxylation is 2. The smallest absolute Gasteiger partial charge is 0.129 e. The van der Waals surface area contributed by atoms with Gasteiger partial charge in [-0.15, -0.1) is 0 Å². The lowest BCUT2D eigenvalue weighted by atomic mass is 10.0. The van der Waals surface area contributed by atoms with Crippen molar-refractivity contribution < 1.29 is 0 Å².